The second-order valence-electron chi connectivity index (χ2n) is 2.96. The first kappa shape index (κ1) is 9.51. The summed E-state index contributed by atoms with van der Waals surface area (Å²) in [6.07, 6.45) is 0. The standard InChI is InChI=1S/C12H10O.Ti/c13-12-9-5-4-8-11(12)10-6-2-1-3-7-10;/h1-9,13H;/q;+1/p-1. The van der Waals surface area contributed by atoms with Gasteiger partial charge in [-0.25, -0.2) is 0 Å². The van der Waals surface area contributed by atoms with Gasteiger partial charge in [0.05, 0.1) is 0 Å². The van der Waals surface area contributed by atoms with E-state index in [2.05, 4.69) is 18.2 Å². The fourth-order valence-electron chi connectivity index (χ4n) is 1.41. The molecule has 0 saturated carbocycles. The van der Waals surface area contributed by atoms with E-state index in [4.69, 9.17) is 3.32 Å². The molecule has 0 aromatic heterocycles. The van der Waals surface area contributed by atoms with Crippen LogP contribution in [0.25, 0.3) is 11.1 Å². The summed E-state index contributed by atoms with van der Waals surface area (Å²) in [5.74, 6) is 0.915. The molecular weight excluding hydrogens is 208 g/mol. The number of hydrogen-bond donors (Lipinski definition) is 0. The summed E-state index contributed by atoms with van der Waals surface area (Å²) in [5.41, 5.74) is 2.32. The summed E-state index contributed by atoms with van der Waals surface area (Å²) in [4.78, 5) is 0. The molecule has 14 heavy (non-hydrogen) atoms. The van der Waals surface area contributed by atoms with Gasteiger partial charge in [0.25, 0.3) is 0 Å². The molecule has 0 heterocycles. The maximum absolute atomic E-state index is 5.30. The first-order chi connectivity index (χ1) is 6.92. The third-order valence-corrected chi connectivity index (χ3v) is 2.43. The molecule has 0 aliphatic rings. The predicted molar refractivity (Wildman–Crippen MR) is 52.5 cm³/mol. The molecule has 0 radical (unpaired) electrons. The fourth-order valence-corrected chi connectivity index (χ4v) is 1.69. The van der Waals surface area contributed by atoms with Crippen molar-refractivity contribution in [1.29, 1.82) is 0 Å². The van der Waals surface area contributed by atoms with E-state index in [1.807, 2.05) is 36.4 Å². The zero-order chi connectivity index (χ0) is 9.80. The Morgan fingerprint density at radius 1 is 0.786 bits per heavy atom. The monoisotopic (exact) mass is 217 g/mol. The van der Waals surface area contributed by atoms with Crippen molar-refractivity contribution >= 4 is 0 Å². The average Bonchev–Trinajstić information content (AvgIpc) is 2.30. The summed E-state index contributed by atoms with van der Waals surface area (Å²) in [7, 11) is 0. The molecule has 1 nitrogen and oxygen atoms in total. The zero-order valence-corrected chi connectivity index (χ0v) is 9.17. The van der Waals surface area contributed by atoms with Gasteiger partial charge in [0.1, 0.15) is 0 Å². The van der Waals surface area contributed by atoms with E-state index in [1.54, 1.807) is 20.8 Å². The SMILES string of the molecule is [Ti][O]c1ccccc1-c1ccccc1. The van der Waals surface area contributed by atoms with Crippen LogP contribution in [-0.2, 0) is 20.8 Å². The van der Waals surface area contributed by atoms with Gasteiger partial charge in [0.2, 0.25) is 0 Å². The molecule has 0 atom stereocenters. The zero-order valence-electron chi connectivity index (χ0n) is 7.60. The Morgan fingerprint density at radius 3 is 2.14 bits per heavy atom. The van der Waals surface area contributed by atoms with Gasteiger partial charge in [-0.3, -0.25) is 0 Å². The second-order valence-corrected chi connectivity index (χ2v) is 3.28. The molecular formula is C12H9OTi. The van der Waals surface area contributed by atoms with Crippen molar-refractivity contribution in [3.63, 3.8) is 0 Å². The first-order valence-electron chi connectivity index (χ1n) is 4.40. The van der Waals surface area contributed by atoms with Gasteiger partial charge in [-0.05, 0) is 0 Å². The third-order valence-electron chi connectivity index (χ3n) is 2.08. The molecule has 0 fully saturated rings. The van der Waals surface area contributed by atoms with Gasteiger partial charge in [0, 0.05) is 0 Å². The Labute approximate surface area is 95.6 Å². The molecule has 0 spiro atoms. The third kappa shape index (κ3) is 1.89. The summed E-state index contributed by atoms with van der Waals surface area (Å²) in [6.45, 7) is 0. The van der Waals surface area contributed by atoms with Crippen molar-refractivity contribution in [2.45, 2.75) is 0 Å². The van der Waals surface area contributed by atoms with Crippen molar-refractivity contribution in [2.75, 3.05) is 0 Å². The Morgan fingerprint density at radius 2 is 1.43 bits per heavy atom. The van der Waals surface area contributed by atoms with Gasteiger partial charge < -0.3 is 0 Å². The second kappa shape index (κ2) is 4.45. The van der Waals surface area contributed by atoms with E-state index >= 15 is 0 Å². The van der Waals surface area contributed by atoms with Gasteiger partial charge in [-0.2, -0.15) is 0 Å². The van der Waals surface area contributed by atoms with Crippen molar-refractivity contribution in [2.24, 2.45) is 0 Å². The molecule has 0 unspecified atom stereocenters. The van der Waals surface area contributed by atoms with E-state index in [0.717, 1.165) is 11.3 Å². The van der Waals surface area contributed by atoms with Crippen LogP contribution in [0.5, 0.6) is 5.75 Å². The topological polar surface area (TPSA) is 9.23 Å². The van der Waals surface area contributed by atoms with Gasteiger partial charge in [0.15, 0.2) is 0 Å². The van der Waals surface area contributed by atoms with Gasteiger partial charge in [-0.1, -0.05) is 0 Å². The molecule has 2 rings (SSSR count). The molecule has 0 N–H and O–H groups in total. The fraction of sp³-hybridized carbons (Fsp3) is 0. The van der Waals surface area contributed by atoms with E-state index in [1.165, 1.54) is 5.56 Å². The molecule has 0 amide bonds. The van der Waals surface area contributed by atoms with Crippen LogP contribution in [0.3, 0.4) is 0 Å². The van der Waals surface area contributed by atoms with E-state index in [-0.39, 0.29) is 0 Å². The molecule has 2 aromatic carbocycles. The van der Waals surface area contributed by atoms with E-state index in [9.17, 15) is 0 Å². The van der Waals surface area contributed by atoms with E-state index < -0.39 is 0 Å². The molecule has 0 aliphatic carbocycles. The van der Waals surface area contributed by atoms with E-state index in [0.29, 0.717) is 0 Å². The van der Waals surface area contributed by atoms with Crippen LogP contribution < -0.4 is 3.32 Å². The minimum absolute atomic E-state index is 0.915. The van der Waals surface area contributed by atoms with Crippen LogP contribution in [0.4, 0.5) is 0 Å². The Hall–Kier alpha value is -1.05. The van der Waals surface area contributed by atoms with Crippen molar-refractivity contribution in [3.05, 3.63) is 54.6 Å². The minimum atomic E-state index is 0.915. The molecule has 0 saturated heterocycles. The number of benzene rings is 2. The van der Waals surface area contributed by atoms with Crippen LogP contribution >= 0.6 is 0 Å². The van der Waals surface area contributed by atoms with Crippen LogP contribution in [0.2, 0.25) is 0 Å². The summed E-state index contributed by atoms with van der Waals surface area (Å²) in [5, 5.41) is 0. The Kier molecular flexibility index (Phi) is 3.02. The molecule has 0 aliphatic heterocycles. The van der Waals surface area contributed by atoms with Crippen LogP contribution in [-0.4, -0.2) is 0 Å². The molecule has 2 heteroatoms. The predicted octanol–water partition coefficient (Wildman–Crippen LogP) is 3.19. The quantitative estimate of drug-likeness (QED) is 0.702. The van der Waals surface area contributed by atoms with Crippen LogP contribution in [0.15, 0.2) is 54.6 Å². The molecule has 0 bridgehead atoms. The van der Waals surface area contributed by atoms with Crippen LogP contribution in [0, 0.1) is 0 Å². The molecule has 67 valence electrons. The number of hydrogen-bond acceptors (Lipinski definition) is 1. The summed E-state index contributed by atoms with van der Waals surface area (Å²) in [6, 6.07) is 18.3. The van der Waals surface area contributed by atoms with Gasteiger partial charge >= 0.3 is 95.6 Å². The van der Waals surface area contributed by atoms with Crippen LogP contribution in [0.1, 0.15) is 0 Å². The number of rotatable bonds is 2. The summed E-state index contributed by atoms with van der Waals surface area (Å²) >= 11 is 1.70. The summed E-state index contributed by atoms with van der Waals surface area (Å²) < 4.78 is 5.30. The number of para-hydroxylation sites is 1. The van der Waals surface area contributed by atoms with Crippen molar-refractivity contribution < 1.29 is 24.1 Å². The Bertz CT molecular complexity index is 412. The normalized spacial score (nSPS) is 9.64. The molecule has 2 aromatic rings. The Balaban J connectivity index is 2.51. The maximum atomic E-state index is 5.30. The first-order valence-corrected chi connectivity index (χ1v) is 5.03. The van der Waals surface area contributed by atoms with Crippen molar-refractivity contribution in [3.8, 4) is 16.9 Å². The van der Waals surface area contributed by atoms with Crippen molar-refractivity contribution in [1.82, 2.24) is 0 Å². The van der Waals surface area contributed by atoms with Gasteiger partial charge in [-0.15, -0.1) is 0 Å². The average molecular weight is 217 g/mol.